The summed E-state index contributed by atoms with van der Waals surface area (Å²) in [7, 11) is 0. The van der Waals surface area contributed by atoms with Crippen molar-refractivity contribution >= 4 is 11.4 Å². The van der Waals surface area contributed by atoms with Gasteiger partial charge in [0.1, 0.15) is 0 Å². The summed E-state index contributed by atoms with van der Waals surface area (Å²) in [6.07, 6.45) is 0. The van der Waals surface area contributed by atoms with E-state index in [0.29, 0.717) is 0 Å². The van der Waals surface area contributed by atoms with Crippen molar-refractivity contribution in [3.63, 3.8) is 0 Å². The third-order valence-corrected chi connectivity index (χ3v) is 8.67. The van der Waals surface area contributed by atoms with Crippen LogP contribution < -0.4 is 4.90 Å². The van der Waals surface area contributed by atoms with Crippen LogP contribution in [0.3, 0.4) is 0 Å². The molecule has 0 N–H and O–H groups in total. The molecule has 40 heavy (non-hydrogen) atoms. The Labute approximate surface area is 240 Å². The monoisotopic (exact) mass is 521 g/mol. The Balaban J connectivity index is 1.41. The maximum Gasteiger partial charge on any atom is 0.0451 e. The van der Waals surface area contributed by atoms with Crippen LogP contribution in [0.4, 0.5) is 11.4 Å². The van der Waals surface area contributed by atoms with E-state index in [0.717, 1.165) is 0 Å². The first kappa shape index (κ1) is 26.1. The van der Waals surface area contributed by atoms with Crippen LogP contribution in [0.5, 0.6) is 0 Å². The van der Waals surface area contributed by atoms with Crippen LogP contribution in [0.1, 0.15) is 56.9 Å². The normalized spacial score (nSPS) is 13.6. The van der Waals surface area contributed by atoms with E-state index in [1.54, 1.807) is 0 Å². The molecule has 1 aliphatic carbocycles. The predicted octanol–water partition coefficient (Wildman–Crippen LogP) is 10.9. The van der Waals surface area contributed by atoms with E-state index in [9.17, 15) is 0 Å². The van der Waals surface area contributed by atoms with Gasteiger partial charge in [0.25, 0.3) is 0 Å². The second-order valence-corrected chi connectivity index (χ2v) is 12.8. The molecule has 0 fully saturated rings. The Morgan fingerprint density at radius 2 is 1.18 bits per heavy atom. The highest BCUT2D eigenvalue weighted by atomic mass is 15.2. The molecule has 0 spiro atoms. The van der Waals surface area contributed by atoms with Gasteiger partial charge in [-0.2, -0.15) is 0 Å². The average molecular weight is 522 g/mol. The van der Waals surface area contributed by atoms with Gasteiger partial charge in [-0.25, -0.2) is 0 Å². The summed E-state index contributed by atoms with van der Waals surface area (Å²) in [6, 6.07) is 40.3. The Hall–Kier alpha value is -4.10. The Morgan fingerprint density at radius 1 is 0.550 bits per heavy atom. The van der Waals surface area contributed by atoms with Crippen molar-refractivity contribution < 1.29 is 0 Å². The van der Waals surface area contributed by atoms with Crippen LogP contribution in [0.25, 0.3) is 33.4 Å². The van der Waals surface area contributed by atoms with Crippen LogP contribution in [0.15, 0.2) is 109 Å². The summed E-state index contributed by atoms with van der Waals surface area (Å²) < 4.78 is 0. The van der Waals surface area contributed by atoms with Gasteiger partial charge in [-0.15, -0.1) is 0 Å². The molecule has 1 heteroatoms. The van der Waals surface area contributed by atoms with E-state index < -0.39 is 0 Å². The van der Waals surface area contributed by atoms with E-state index >= 15 is 0 Å². The lowest BCUT2D eigenvalue weighted by molar-refractivity contribution is 0.559. The molecule has 5 aromatic rings. The van der Waals surface area contributed by atoms with Crippen molar-refractivity contribution in [1.29, 1.82) is 0 Å². The molecule has 0 radical (unpaired) electrons. The quantitative estimate of drug-likeness (QED) is 0.227. The molecule has 0 saturated carbocycles. The molecular weight excluding hydrogens is 482 g/mol. The lowest BCUT2D eigenvalue weighted by atomic mass is 9.81. The zero-order valence-electron chi connectivity index (χ0n) is 24.8. The summed E-state index contributed by atoms with van der Waals surface area (Å²) in [5.41, 5.74) is 15.7. The average Bonchev–Trinajstić information content (AvgIpc) is 3.15. The van der Waals surface area contributed by atoms with Crippen LogP contribution >= 0.6 is 0 Å². The number of hydrogen-bond acceptors (Lipinski definition) is 1. The van der Waals surface area contributed by atoms with Gasteiger partial charge in [0, 0.05) is 22.3 Å². The first-order valence-electron chi connectivity index (χ1n) is 14.4. The minimum Gasteiger partial charge on any atom is -0.336 e. The molecule has 0 aromatic heterocycles. The Kier molecular flexibility index (Phi) is 6.22. The second-order valence-electron chi connectivity index (χ2n) is 12.8. The van der Waals surface area contributed by atoms with Crippen molar-refractivity contribution in [3.8, 4) is 33.4 Å². The largest absolute Gasteiger partial charge is 0.336 e. The van der Waals surface area contributed by atoms with Crippen LogP contribution in [0, 0.1) is 13.8 Å². The summed E-state index contributed by atoms with van der Waals surface area (Å²) in [6.45, 7) is 16.1. The summed E-state index contributed by atoms with van der Waals surface area (Å²) in [4.78, 5) is 2.48. The van der Waals surface area contributed by atoms with E-state index in [-0.39, 0.29) is 11.0 Å². The van der Waals surface area contributed by atoms with E-state index in [1.165, 1.54) is 67.0 Å². The molecular formula is C39H39N. The Bertz CT molecular complexity index is 1700. The smallest absolute Gasteiger partial charge is 0.0451 e. The molecule has 200 valence electrons. The minimum absolute atomic E-state index is 0.0262. The molecule has 0 saturated heterocycles. The number of nitrogens with zero attached hydrogens (tertiary/aromatic N) is 1. The summed E-state index contributed by atoms with van der Waals surface area (Å²) in [5.74, 6) is 0. The van der Waals surface area contributed by atoms with Gasteiger partial charge >= 0.3 is 0 Å². The topological polar surface area (TPSA) is 3.24 Å². The third-order valence-electron chi connectivity index (χ3n) is 8.67. The summed E-state index contributed by atoms with van der Waals surface area (Å²) >= 11 is 0. The van der Waals surface area contributed by atoms with Gasteiger partial charge in [-0.3, -0.25) is 0 Å². The van der Waals surface area contributed by atoms with Crippen molar-refractivity contribution in [2.24, 2.45) is 0 Å². The van der Waals surface area contributed by atoms with Gasteiger partial charge in [-0.1, -0.05) is 98.8 Å². The second kappa shape index (κ2) is 9.52. The molecule has 0 atom stereocenters. The number of anilines is 2. The fourth-order valence-corrected chi connectivity index (χ4v) is 6.64. The highest BCUT2D eigenvalue weighted by Gasteiger charge is 2.35. The number of rotatable bonds is 4. The minimum atomic E-state index is -0.0969. The first-order chi connectivity index (χ1) is 19.1. The van der Waals surface area contributed by atoms with Gasteiger partial charge in [0.05, 0.1) is 0 Å². The predicted molar refractivity (Wildman–Crippen MR) is 173 cm³/mol. The molecule has 5 aromatic carbocycles. The first-order valence-corrected chi connectivity index (χ1v) is 14.4. The molecule has 0 bridgehead atoms. The third kappa shape index (κ3) is 4.25. The number of aryl methyl sites for hydroxylation is 1. The van der Waals surface area contributed by atoms with Gasteiger partial charge in [0.15, 0.2) is 0 Å². The highest BCUT2D eigenvalue weighted by molar-refractivity contribution is 5.86. The lowest BCUT2D eigenvalue weighted by Crippen LogP contribution is -2.38. The Morgan fingerprint density at radius 3 is 1.88 bits per heavy atom. The van der Waals surface area contributed by atoms with E-state index in [4.69, 9.17) is 0 Å². The number of fused-ring (bicyclic) bond motifs is 3. The molecule has 0 heterocycles. The maximum absolute atomic E-state index is 2.48. The van der Waals surface area contributed by atoms with Crippen LogP contribution in [-0.4, -0.2) is 5.54 Å². The number of benzene rings is 5. The van der Waals surface area contributed by atoms with Crippen molar-refractivity contribution in [1.82, 2.24) is 0 Å². The fraction of sp³-hybridized carbons (Fsp3) is 0.231. The lowest BCUT2D eigenvalue weighted by Gasteiger charge is -2.39. The molecule has 0 amide bonds. The van der Waals surface area contributed by atoms with Crippen molar-refractivity contribution in [2.45, 2.75) is 59.4 Å². The molecule has 0 unspecified atom stereocenters. The highest BCUT2D eigenvalue weighted by Crippen LogP contribution is 2.50. The maximum atomic E-state index is 2.48. The SMILES string of the molecule is Cc1cc2c(cc1-c1ccc(N(c3cccc(-c4ccccc4)c3C)C(C)(C)C)cc1)-c1ccccc1C2(C)C. The zero-order chi connectivity index (χ0) is 28.2. The molecule has 1 nitrogen and oxygen atoms in total. The van der Waals surface area contributed by atoms with Crippen LogP contribution in [0.2, 0.25) is 0 Å². The molecule has 0 aliphatic heterocycles. The molecule has 1 aliphatic rings. The van der Waals surface area contributed by atoms with Crippen molar-refractivity contribution in [2.75, 3.05) is 4.90 Å². The van der Waals surface area contributed by atoms with Crippen molar-refractivity contribution in [3.05, 3.63) is 131 Å². The summed E-state index contributed by atoms with van der Waals surface area (Å²) in [5, 5.41) is 0. The van der Waals surface area contributed by atoms with Gasteiger partial charge in [-0.05, 0) is 115 Å². The fourth-order valence-electron chi connectivity index (χ4n) is 6.64. The van der Waals surface area contributed by atoms with Gasteiger partial charge in [0.2, 0.25) is 0 Å². The zero-order valence-corrected chi connectivity index (χ0v) is 24.8. The molecule has 6 rings (SSSR count). The van der Waals surface area contributed by atoms with Crippen LogP contribution in [-0.2, 0) is 5.41 Å². The van der Waals surface area contributed by atoms with E-state index in [1.807, 2.05) is 0 Å². The number of hydrogen-bond donors (Lipinski definition) is 0. The van der Waals surface area contributed by atoms with Gasteiger partial charge < -0.3 is 4.90 Å². The van der Waals surface area contributed by atoms with E-state index in [2.05, 4.69) is 163 Å². The standard InChI is InChI=1S/C39H39N/c1-26-24-36-34(32-16-11-12-18-35(32)39(36,6)7)25-33(26)29-20-22-30(23-21-29)40(38(3,4)5)37-19-13-17-31(27(37)2)28-14-9-8-10-15-28/h8-25H,1-7H3.